The molecule has 3 atom stereocenters. The summed E-state index contributed by atoms with van der Waals surface area (Å²) in [4.78, 5) is 9.43. The second kappa shape index (κ2) is 8.70. The van der Waals surface area contributed by atoms with Crippen LogP contribution in [0, 0.1) is 17.0 Å². The monoisotopic (exact) mass is 550 g/mol. The number of nitrogens with one attached hydrogen (secondary N) is 1. The van der Waals surface area contributed by atoms with Gasteiger partial charge in [-0.05, 0) is 67.0 Å². The fraction of sp³-hybridized carbons (Fsp3) is 0.393. The van der Waals surface area contributed by atoms with E-state index in [9.17, 15) is 17.2 Å². The van der Waals surface area contributed by atoms with Crippen LogP contribution in [0.25, 0.3) is 22.8 Å². The van der Waals surface area contributed by atoms with Gasteiger partial charge in [0.15, 0.2) is 15.7 Å². The van der Waals surface area contributed by atoms with Crippen molar-refractivity contribution in [3.05, 3.63) is 76.9 Å². The summed E-state index contributed by atoms with van der Waals surface area (Å²) in [5, 5.41) is 15.1. The number of sulfone groups is 1. The van der Waals surface area contributed by atoms with Gasteiger partial charge >= 0.3 is 0 Å². The van der Waals surface area contributed by atoms with Crippen LogP contribution >= 0.6 is 0 Å². The summed E-state index contributed by atoms with van der Waals surface area (Å²) in [5.41, 5.74) is 2.13. The molecule has 3 aromatic heterocycles. The standard InChI is InChI=1S/C28H28F2N6O2S/c1-5-39(37,38)15(2)25-32-26(36-35-25)20-10-7-11-22(31-20)28-13-12-17(27(28,3)4)16-14-21(33-34-24(16)28)23-18(29)8-6-9-19(23)30/h6-11,14-15,17H,5,12-13H2,1-4H3,(H,32,35,36)/t15-,17+,28-/m1/s1. The quantitative estimate of drug-likeness (QED) is 0.346. The molecule has 0 spiro atoms. The number of hydrogen-bond donors (Lipinski definition) is 1. The molecule has 0 unspecified atom stereocenters. The minimum absolute atomic E-state index is 0.00240. The van der Waals surface area contributed by atoms with Gasteiger partial charge in [0.1, 0.15) is 28.4 Å². The molecule has 1 saturated carbocycles. The fourth-order valence-electron chi connectivity index (χ4n) is 6.54. The van der Waals surface area contributed by atoms with Crippen molar-refractivity contribution in [3.8, 4) is 22.8 Å². The Balaban J connectivity index is 1.44. The third-order valence-electron chi connectivity index (χ3n) is 8.85. The predicted octanol–water partition coefficient (Wildman–Crippen LogP) is 5.30. The van der Waals surface area contributed by atoms with Gasteiger partial charge in [0.05, 0.1) is 28.1 Å². The van der Waals surface area contributed by atoms with Crippen molar-refractivity contribution >= 4 is 9.84 Å². The minimum Gasteiger partial charge on any atom is -0.262 e. The zero-order valence-corrected chi connectivity index (χ0v) is 22.9. The number of H-pyrrole nitrogens is 1. The number of rotatable bonds is 6. The Kier molecular flexibility index (Phi) is 5.73. The van der Waals surface area contributed by atoms with Gasteiger partial charge in [-0.25, -0.2) is 27.2 Å². The molecule has 0 aliphatic heterocycles. The summed E-state index contributed by atoms with van der Waals surface area (Å²) in [6.45, 7) is 7.53. The number of pyridine rings is 1. The number of aromatic amines is 1. The third kappa shape index (κ3) is 3.58. The molecule has 6 rings (SSSR count). The Morgan fingerprint density at radius 2 is 1.77 bits per heavy atom. The molecule has 8 nitrogen and oxygen atoms in total. The van der Waals surface area contributed by atoms with Gasteiger partial charge in [0.25, 0.3) is 0 Å². The van der Waals surface area contributed by atoms with E-state index < -0.39 is 32.1 Å². The van der Waals surface area contributed by atoms with Crippen LogP contribution in [-0.4, -0.2) is 44.5 Å². The van der Waals surface area contributed by atoms with Crippen LogP contribution in [0.15, 0.2) is 42.5 Å². The summed E-state index contributed by atoms with van der Waals surface area (Å²) in [7, 11) is -3.34. The maximum Gasteiger partial charge on any atom is 0.199 e. The van der Waals surface area contributed by atoms with Crippen molar-refractivity contribution < 1.29 is 17.2 Å². The normalized spacial score (nSPS) is 22.2. The Morgan fingerprint density at radius 3 is 2.49 bits per heavy atom. The lowest BCUT2D eigenvalue weighted by Gasteiger charge is -2.37. The van der Waals surface area contributed by atoms with Crippen LogP contribution < -0.4 is 0 Å². The molecule has 1 fully saturated rings. The molecular weight excluding hydrogens is 522 g/mol. The molecule has 1 aromatic carbocycles. The highest BCUT2D eigenvalue weighted by atomic mass is 32.2. The van der Waals surface area contributed by atoms with Crippen LogP contribution in [0.4, 0.5) is 8.78 Å². The van der Waals surface area contributed by atoms with Crippen LogP contribution in [0.5, 0.6) is 0 Å². The topological polar surface area (TPSA) is 114 Å². The molecule has 0 amide bonds. The van der Waals surface area contributed by atoms with E-state index in [1.807, 2.05) is 12.1 Å². The molecule has 2 bridgehead atoms. The van der Waals surface area contributed by atoms with E-state index in [-0.39, 0.29) is 34.2 Å². The van der Waals surface area contributed by atoms with E-state index in [0.29, 0.717) is 11.5 Å². The summed E-state index contributed by atoms with van der Waals surface area (Å²) < 4.78 is 53.8. The van der Waals surface area contributed by atoms with Crippen molar-refractivity contribution in [2.75, 3.05) is 5.75 Å². The van der Waals surface area contributed by atoms with Gasteiger partial charge in [0, 0.05) is 5.75 Å². The minimum atomic E-state index is -3.34. The van der Waals surface area contributed by atoms with Gasteiger partial charge in [-0.2, -0.15) is 10.2 Å². The largest absolute Gasteiger partial charge is 0.262 e. The van der Waals surface area contributed by atoms with Gasteiger partial charge in [-0.1, -0.05) is 32.9 Å². The van der Waals surface area contributed by atoms with E-state index >= 15 is 0 Å². The maximum atomic E-state index is 14.5. The smallest absolute Gasteiger partial charge is 0.199 e. The van der Waals surface area contributed by atoms with Gasteiger partial charge < -0.3 is 0 Å². The molecule has 3 heterocycles. The number of halogens is 2. The highest BCUT2D eigenvalue weighted by Crippen LogP contribution is 2.69. The summed E-state index contributed by atoms with van der Waals surface area (Å²) >= 11 is 0. The molecule has 0 radical (unpaired) electrons. The van der Waals surface area contributed by atoms with E-state index in [1.165, 1.54) is 18.2 Å². The maximum absolute atomic E-state index is 14.5. The summed E-state index contributed by atoms with van der Waals surface area (Å²) in [5.74, 6) is -0.669. The Bertz CT molecular complexity index is 1700. The van der Waals surface area contributed by atoms with E-state index in [4.69, 9.17) is 4.98 Å². The Hall–Kier alpha value is -3.60. The van der Waals surface area contributed by atoms with Crippen molar-refractivity contribution in [1.29, 1.82) is 0 Å². The number of fused-ring (bicyclic) bond motifs is 5. The molecule has 1 N–H and O–H groups in total. The average Bonchev–Trinajstić information content (AvgIpc) is 3.56. The van der Waals surface area contributed by atoms with Gasteiger partial charge in [0.2, 0.25) is 0 Å². The molecule has 0 saturated heterocycles. The van der Waals surface area contributed by atoms with E-state index in [0.717, 1.165) is 29.8 Å². The van der Waals surface area contributed by atoms with Crippen LogP contribution in [0.1, 0.15) is 74.5 Å². The van der Waals surface area contributed by atoms with Gasteiger partial charge in [-0.3, -0.25) is 5.10 Å². The van der Waals surface area contributed by atoms with E-state index in [1.54, 1.807) is 26.0 Å². The van der Waals surface area contributed by atoms with Crippen LogP contribution in [0.3, 0.4) is 0 Å². The number of hydrogen-bond acceptors (Lipinski definition) is 7. The Morgan fingerprint density at radius 1 is 1.05 bits per heavy atom. The van der Waals surface area contributed by atoms with Crippen LogP contribution in [0.2, 0.25) is 0 Å². The number of benzene rings is 1. The molecule has 4 aromatic rings. The highest BCUT2D eigenvalue weighted by Gasteiger charge is 2.65. The lowest BCUT2D eigenvalue weighted by atomic mass is 9.66. The molecule has 2 aliphatic carbocycles. The second-order valence-electron chi connectivity index (χ2n) is 10.9. The Labute approximate surface area is 225 Å². The lowest BCUT2D eigenvalue weighted by Crippen LogP contribution is -2.37. The van der Waals surface area contributed by atoms with Crippen molar-refractivity contribution in [2.45, 2.75) is 57.1 Å². The first-order valence-corrected chi connectivity index (χ1v) is 14.7. The van der Waals surface area contributed by atoms with Crippen molar-refractivity contribution in [1.82, 2.24) is 30.4 Å². The molecule has 11 heteroatoms. The first-order chi connectivity index (χ1) is 18.5. The average molecular weight is 551 g/mol. The second-order valence-corrected chi connectivity index (χ2v) is 13.5. The van der Waals surface area contributed by atoms with Gasteiger partial charge in [-0.15, -0.1) is 5.10 Å². The first-order valence-electron chi connectivity index (χ1n) is 13.0. The van der Waals surface area contributed by atoms with Crippen molar-refractivity contribution in [3.63, 3.8) is 0 Å². The number of nitrogens with zero attached hydrogens (tertiary/aromatic N) is 5. The third-order valence-corrected chi connectivity index (χ3v) is 11.0. The zero-order chi connectivity index (χ0) is 27.7. The molecule has 39 heavy (non-hydrogen) atoms. The van der Waals surface area contributed by atoms with E-state index in [2.05, 4.69) is 39.2 Å². The highest BCUT2D eigenvalue weighted by molar-refractivity contribution is 7.91. The fourth-order valence-corrected chi connectivity index (χ4v) is 7.49. The van der Waals surface area contributed by atoms with Crippen molar-refractivity contribution in [2.24, 2.45) is 5.41 Å². The predicted molar refractivity (Wildman–Crippen MR) is 141 cm³/mol. The SMILES string of the molecule is CCS(=O)(=O)[C@H](C)c1nc(-c2cccc([C@]34CC[C@@H](c5cc(-c6c(F)cccc6F)nnc53)C4(C)C)n2)n[nH]1. The first kappa shape index (κ1) is 25.7. The molecule has 2 aliphatic rings. The summed E-state index contributed by atoms with van der Waals surface area (Å²) in [6, 6.07) is 11.2. The molecular formula is C28H28F2N6O2S. The molecule has 202 valence electrons. The summed E-state index contributed by atoms with van der Waals surface area (Å²) in [6.07, 6.45) is 1.66. The van der Waals surface area contributed by atoms with Crippen LogP contribution in [-0.2, 0) is 15.3 Å². The lowest BCUT2D eigenvalue weighted by molar-refractivity contribution is 0.243. The zero-order valence-electron chi connectivity index (χ0n) is 22.0. The number of aromatic nitrogens is 6.